The van der Waals surface area contributed by atoms with Crippen molar-refractivity contribution < 1.29 is 18.0 Å². The van der Waals surface area contributed by atoms with Crippen molar-refractivity contribution in [2.75, 3.05) is 18.9 Å². The van der Waals surface area contributed by atoms with Crippen LogP contribution in [0.2, 0.25) is 0 Å². The van der Waals surface area contributed by atoms with Crippen molar-refractivity contribution in [1.29, 1.82) is 0 Å². The molecule has 1 aromatic carbocycles. The van der Waals surface area contributed by atoms with Crippen LogP contribution in [0.1, 0.15) is 29.3 Å². The minimum absolute atomic E-state index is 0.0155. The third-order valence-corrected chi connectivity index (χ3v) is 5.21. The van der Waals surface area contributed by atoms with Gasteiger partial charge in [0.2, 0.25) is 6.41 Å². The summed E-state index contributed by atoms with van der Waals surface area (Å²) in [5.74, 6) is 0.596. The molecule has 2 aromatic rings. The number of hydrogen-bond acceptors (Lipinski definition) is 5. The highest BCUT2D eigenvalue weighted by molar-refractivity contribution is 6.30. The summed E-state index contributed by atoms with van der Waals surface area (Å²) in [5.41, 5.74) is 4.10. The number of allylic oxidation sites excluding steroid dienone is 2. The molecular formula is C20H22ClF3N6O. The van der Waals surface area contributed by atoms with Crippen LogP contribution in [0.3, 0.4) is 0 Å². The molecule has 0 spiro atoms. The Labute approximate surface area is 182 Å². The predicted molar refractivity (Wildman–Crippen MR) is 113 cm³/mol. The van der Waals surface area contributed by atoms with Gasteiger partial charge in [-0.25, -0.2) is 5.43 Å². The van der Waals surface area contributed by atoms with Crippen LogP contribution in [0.4, 0.5) is 19.0 Å². The monoisotopic (exact) mass is 454 g/mol. The van der Waals surface area contributed by atoms with E-state index in [0.717, 1.165) is 17.3 Å². The number of alkyl halides is 3. The molecule has 1 aliphatic heterocycles. The largest absolute Gasteiger partial charge is 0.416 e. The van der Waals surface area contributed by atoms with E-state index < -0.39 is 11.7 Å². The van der Waals surface area contributed by atoms with Crippen LogP contribution in [0, 0.1) is 0 Å². The Hall–Kier alpha value is -3.01. The molecule has 11 heteroatoms. The first-order chi connectivity index (χ1) is 14.8. The number of aromatic nitrogens is 2. The fourth-order valence-corrected chi connectivity index (χ4v) is 3.81. The van der Waals surface area contributed by atoms with E-state index in [1.807, 2.05) is 4.90 Å². The SMILES string of the molecule is CNc1nn(Cc2ccccc2C(F)(F)F)c2c1CN(C(/C=N\NC=O)=C(/C)Cl)CC2. The Balaban J connectivity index is 1.92. The van der Waals surface area contributed by atoms with Gasteiger partial charge >= 0.3 is 6.18 Å². The molecule has 1 amide bonds. The smallest absolute Gasteiger partial charge is 0.371 e. The highest BCUT2D eigenvalue weighted by Gasteiger charge is 2.33. The van der Waals surface area contributed by atoms with Gasteiger partial charge in [0.1, 0.15) is 0 Å². The molecule has 31 heavy (non-hydrogen) atoms. The van der Waals surface area contributed by atoms with E-state index in [2.05, 4.69) is 20.9 Å². The van der Waals surface area contributed by atoms with Crippen molar-refractivity contribution >= 4 is 30.0 Å². The van der Waals surface area contributed by atoms with Gasteiger partial charge < -0.3 is 10.2 Å². The van der Waals surface area contributed by atoms with E-state index in [9.17, 15) is 18.0 Å². The van der Waals surface area contributed by atoms with Gasteiger partial charge in [-0.1, -0.05) is 29.8 Å². The summed E-state index contributed by atoms with van der Waals surface area (Å²) in [6, 6.07) is 5.53. The molecule has 7 nitrogen and oxygen atoms in total. The highest BCUT2D eigenvalue weighted by Crippen LogP contribution is 2.34. The van der Waals surface area contributed by atoms with E-state index in [4.69, 9.17) is 11.6 Å². The van der Waals surface area contributed by atoms with Gasteiger partial charge in [-0.15, -0.1) is 0 Å². The van der Waals surface area contributed by atoms with Gasteiger partial charge in [-0.2, -0.15) is 23.4 Å². The summed E-state index contributed by atoms with van der Waals surface area (Å²) in [7, 11) is 1.72. The molecule has 0 unspecified atom stereocenters. The number of benzene rings is 1. The number of nitrogens with one attached hydrogen (secondary N) is 2. The van der Waals surface area contributed by atoms with Crippen LogP contribution in [0.5, 0.6) is 0 Å². The first kappa shape index (κ1) is 22.7. The standard InChI is InChI=1S/C20H22ClF3N6O/c1-13(21)18(9-26-27-12-31)29-8-7-17-15(11-29)19(25-2)28-30(17)10-14-5-3-4-6-16(14)20(22,23)24/h3-6,9,12H,7-8,10-11H2,1-2H3,(H,25,28)(H,27,31)/b18-13-,26-9-. The maximum absolute atomic E-state index is 13.4. The summed E-state index contributed by atoms with van der Waals surface area (Å²) < 4.78 is 41.8. The highest BCUT2D eigenvalue weighted by atomic mass is 35.5. The van der Waals surface area contributed by atoms with Gasteiger partial charge in [0.15, 0.2) is 5.82 Å². The maximum Gasteiger partial charge on any atom is 0.416 e. The average Bonchev–Trinajstić information content (AvgIpc) is 3.07. The average molecular weight is 455 g/mol. The molecular weight excluding hydrogens is 433 g/mol. The first-order valence-electron chi connectivity index (χ1n) is 9.51. The van der Waals surface area contributed by atoms with Crippen molar-refractivity contribution in [1.82, 2.24) is 20.1 Å². The van der Waals surface area contributed by atoms with Crippen LogP contribution in [0.25, 0.3) is 0 Å². The normalized spacial score (nSPS) is 15.0. The molecule has 1 aliphatic rings. The number of nitrogens with zero attached hydrogens (tertiary/aromatic N) is 4. The number of carbonyl (C=O) groups excluding carboxylic acids is 1. The van der Waals surface area contributed by atoms with Crippen molar-refractivity contribution in [3.63, 3.8) is 0 Å². The molecule has 0 bridgehead atoms. The summed E-state index contributed by atoms with van der Waals surface area (Å²) in [4.78, 5) is 12.4. The lowest BCUT2D eigenvalue weighted by molar-refractivity contribution is -0.138. The molecule has 2 heterocycles. The second kappa shape index (κ2) is 9.42. The lowest BCUT2D eigenvalue weighted by atomic mass is 10.0. The second-order valence-corrected chi connectivity index (χ2v) is 7.50. The Morgan fingerprint density at radius 1 is 1.35 bits per heavy atom. The van der Waals surface area contributed by atoms with Crippen molar-refractivity contribution in [2.45, 2.75) is 32.6 Å². The van der Waals surface area contributed by atoms with Crippen molar-refractivity contribution in [3.8, 4) is 0 Å². The number of hydrogen-bond donors (Lipinski definition) is 2. The number of anilines is 1. The molecule has 2 N–H and O–H groups in total. The Morgan fingerprint density at radius 3 is 2.74 bits per heavy atom. The van der Waals surface area contributed by atoms with Gasteiger partial charge in [-0.3, -0.25) is 9.48 Å². The molecule has 0 aliphatic carbocycles. The Morgan fingerprint density at radius 2 is 2.10 bits per heavy atom. The molecule has 166 valence electrons. The molecule has 1 aromatic heterocycles. The van der Waals surface area contributed by atoms with E-state index >= 15 is 0 Å². The van der Waals surface area contributed by atoms with Crippen LogP contribution >= 0.6 is 11.6 Å². The van der Waals surface area contributed by atoms with E-state index in [1.165, 1.54) is 18.3 Å². The Kier molecular flexibility index (Phi) is 6.89. The number of rotatable bonds is 7. The quantitative estimate of drug-likeness (QED) is 0.381. The van der Waals surface area contributed by atoms with E-state index in [-0.39, 0.29) is 12.1 Å². The molecule has 0 atom stereocenters. The van der Waals surface area contributed by atoms with Gasteiger partial charge in [0, 0.05) is 42.8 Å². The van der Waals surface area contributed by atoms with Crippen LogP contribution in [0.15, 0.2) is 40.1 Å². The number of halogens is 4. The Bertz CT molecular complexity index is 1010. The van der Waals surface area contributed by atoms with Gasteiger partial charge in [-0.05, 0) is 18.6 Å². The zero-order valence-corrected chi connectivity index (χ0v) is 17.8. The van der Waals surface area contributed by atoms with E-state index in [0.29, 0.717) is 42.5 Å². The molecule has 0 saturated carbocycles. The minimum Gasteiger partial charge on any atom is -0.371 e. The fraction of sp³-hybridized carbons (Fsp3) is 0.350. The topological polar surface area (TPSA) is 74.6 Å². The van der Waals surface area contributed by atoms with Crippen LogP contribution in [-0.2, 0) is 30.5 Å². The molecule has 0 saturated heterocycles. The van der Waals surface area contributed by atoms with Crippen molar-refractivity contribution in [3.05, 3.63) is 57.4 Å². The summed E-state index contributed by atoms with van der Waals surface area (Å²) in [5, 5.41) is 11.8. The van der Waals surface area contributed by atoms with Crippen LogP contribution in [-0.4, -0.2) is 40.9 Å². The summed E-state index contributed by atoms with van der Waals surface area (Å²) >= 11 is 6.22. The number of amides is 1. The fourth-order valence-electron chi connectivity index (χ4n) is 3.64. The summed E-state index contributed by atoms with van der Waals surface area (Å²) in [6.07, 6.45) is -1.96. The minimum atomic E-state index is -4.43. The zero-order valence-electron chi connectivity index (χ0n) is 17.0. The number of hydrazone groups is 1. The first-order valence-corrected chi connectivity index (χ1v) is 9.89. The molecule has 3 rings (SSSR count). The maximum atomic E-state index is 13.4. The summed E-state index contributed by atoms with van der Waals surface area (Å²) in [6.45, 7) is 2.74. The van der Waals surface area contributed by atoms with E-state index in [1.54, 1.807) is 24.7 Å². The number of carbonyl (C=O) groups is 1. The molecule has 0 fully saturated rings. The lowest BCUT2D eigenvalue weighted by Crippen LogP contribution is -2.32. The van der Waals surface area contributed by atoms with Gasteiger partial charge in [0.05, 0.1) is 24.0 Å². The third-order valence-electron chi connectivity index (χ3n) is 5.02. The number of fused-ring (bicyclic) bond motifs is 1. The lowest BCUT2D eigenvalue weighted by Gasteiger charge is -2.30. The molecule has 0 radical (unpaired) electrons. The predicted octanol–water partition coefficient (Wildman–Crippen LogP) is 3.55. The zero-order chi connectivity index (χ0) is 22.6. The third kappa shape index (κ3) is 5.01. The second-order valence-electron chi connectivity index (χ2n) is 6.93. The van der Waals surface area contributed by atoms with Gasteiger partial charge in [0.25, 0.3) is 0 Å². The van der Waals surface area contributed by atoms with Crippen LogP contribution < -0.4 is 10.7 Å². The van der Waals surface area contributed by atoms with Crippen molar-refractivity contribution in [2.24, 2.45) is 5.10 Å².